The second-order valence-electron chi connectivity index (χ2n) is 4.56. The average Bonchev–Trinajstić information content (AvgIpc) is 3.22. The first-order valence-electron chi connectivity index (χ1n) is 6.97. The fraction of sp³-hybridized carbons (Fsp3) is 0.231. The summed E-state index contributed by atoms with van der Waals surface area (Å²) in [5.41, 5.74) is 0.363. The van der Waals surface area contributed by atoms with E-state index in [4.69, 9.17) is 0 Å². The number of carbonyl (C=O) groups excluding carboxylic acids is 1. The van der Waals surface area contributed by atoms with Gasteiger partial charge in [-0.2, -0.15) is 0 Å². The maximum absolute atomic E-state index is 12.1. The molecule has 0 aliphatic carbocycles. The van der Waals surface area contributed by atoms with E-state index in [0.29, 0.717) is 29.1 Å². The van der Waals surface area contributed by atoms with E-state index in [2.05, 4.69) is 35.8 Å². The Morgan fingerprint density at radius 3 is 2.96 bits per heavy atom. The number of nitrogens with one attached hydrogen (secondary N) is 2. The van der Waals surface area contributed by atoms with Crippen molar-refractivity contribution in [1.29, 1.82) is 0 Å². The molecular weight excluding hydrogens is 348 g/mol. The van der Waals surface area contributed by atoms with E-state index in [-0.39, 0.29) is 5.91 Å². The molecule has 3 aromatic rings. The highest BCUT2D eigenvalue weighted by atomic mass is 32.2. The third-order valence-electron chi connectivity index (χ3n) is 2.81. The molecule has 0 atom stereocenters. The zero-order valence-electron chi connectivity index (χ0n) is 12.7. The van der Waals surface area contributed by atoms with Gasteiger partial charge in [-0.25, -0.2) is 15.0 Å². The van der Waals surface area contributed by atoms with Gasteiger partial charge in [-0.1, -0.05) is 11.8 Å². The largest absolute Gasteiger partial charge is 0.350 e. The normalized spacial score (nSPS) is 10.5. The number of thioether (sulfide) groups is 1. The maximum atomic E-state index is 12.1. The Morgan fingerprint density at radius 2 is 2.21 bits per heavy atom. The van der Waals surface area contributed by atoms with Crippen LogP contribution in [0.25, 0.3) is 0 Å². The molecule has 3 aromatic heterocycles. The van der Waals surface area contributed by atoms with E-state index in [1.165, 1.54) is 23.1 Å². The first kappa shape index (κ1) is 16.3. The number of nitrogens with zero attached hydrogens (tertiary/aromatic N) is 6. The monoisotopic (exact) mass is 362 g/mol. The summed E-state index contributed by atoms with van der Waals surface area (Å²) >= 11 is 2.85. The first-order chi connectivity index (χ1) is 11.7. The lowest BCUT2D eigenvalue weighted by atomic mass is 10.4. The van der Waals surface area contributed by atoms with E-state index in [9.17, 15) is 4.79 Å². The quantitative estimate of drug-likeness (QED) is 0.478. The van der Waals surface area contributed by atoms with Crippen LogP contribution in [0.15, 0.2) is 35.3 Å². The van der Waals surface area contributed by atoms with E-state index in [1.54, 1.807) is 30.2 Å². The van der Waals surface area contributed by atoms with E-state index < -0.39 is 0 Å². The molecule has 24 heavy (non-hydrogen) atoms. The molecule has 0 radical (unpaired) electrons. The topological polar surface area (TPSA) is 111 Å². The van der Waals surface area contributed by atoms with Crippen molar-refractivity contribution >= 4 is 40.1 Å². The summed E-state index contributed by atoms with van der Waals surface area (Å²) in [5, 5.41) is 16.6. The highest BCUT2D eigenvalue weighted by Gasteiger charge is 2.11. The van der Waals surface area contributed by atoms with E-state index in [0.717, 1.165) is 5.16 Å². The van der Waals surface area contributed by atoms with Crippen molar-refractivity contribution < 1.29 is 4.79 Å². The van der Waals surface area contributed by atoms with Crippen LogP contribution in [0.3, 0.4) is 0 Å². The number of hydrogen-bond acceptors (Lipinski definition) is 9. The van der Waals surface area contributed by atoms with Crippen molar-refractivity contribution in [3.63, 3.8) is 0 Å². The Bertz CT molecular complexity index is 803. The van der Waals surface area contributed by atoms with Gasteiger partial charge in [-0.15, -0.1) is 21.5 Å². The van der Waals surface area contributed by atoms with Crippen molar-refractivity contribution in [2.45, 2.75) is 5.16 Å². The molecule has 9 nitrogen and oxygen atoms in total. The molecular formula is C13H14N8OS2. The smallest absolute Gasteiger partial charge is 0.270 e. The molecule has 0 saturated heterocycles. The Morgan fingerprint density at radius 1 is 1.38 bits per heavy atom. The van der Waals surface area contributed by atoms with Gasteiger partial charge in [0.25, 0.3) is 5.91 Å². The number of aromatic nitrogens is 6. The highest BCUT2D eigenvalue weighted by molar-refractivity contribution is 7.99. The molecule has 0 spiro atoms. The van der Waals surface area contributed by atoms with Crippen LogP contribution in [0.2, 0.25) is 0 Å². The van der Waals surface area contributed by atoms with E-state index in [1.807, 2.05) is 11.6 Å². The number of hydrogen-bond donors (Lipinski definition) is 2. The van der Waals surface area contributed by atoms with Gasteiger partial charge in [0, 0.05) is 37.1 Å². The summed E-state index contributed by atoms with van der Waals surface area (Å²) in [5.74, 6) is 0.927. The Labute approximate surface area is 146 Å². The van der Waals surface area contributed by atoms with Crippen LogP contribution in [-0.2, 0) is 7.05 Å². The Hall–Kier alpha value is -2.53. The van der Waals surface area contributed by atoms with Gasteiger partial charge in [0.1, 0.15) is 12.0 Å². The molecule has 2 N–H and O–H groups in total. The summed E-state index contributed by atoms with van der Waals surface area (Å²) in [6, 6.07) is 1.73. The van der Waals surface area contributed by atoms with Crippen molar-refractivity contribution in [2.75, 3.05) is 17.6 Å². The van der Waals surface area contributed by atoms with Crippen LogP contribution in [0.4, 0.5) is 11.1 Å². The number of amides is 1. The second-order valence-corrected chi connectivity index (χ2v) is 6.48. The van der Waals surface area contributed by atoms with Crippen molar-refractivity contribution in [3.05, 3.63) is 35.9 Å². The lowest BCUT2D eigenvalue weighted by molar-refractivity contribution is 0.0952. The van der Waals surface area contributed by atoms with Crippen LogP contribution >= 0.6 is 23.1 Å². The molecule has 0 unspecified atom stereocenters. The molecule has 0 aromatic carbocycles. The number of anilines is 2. The van der Waals surface area contributed by atoms with Gasteiger partial charge in [-0.3, -0.25) is 4.79 Å². The van der Waals surface area contributed by atoms with E-state index >= 15 is 0 Å². The minimum absolute atomic E-state index is 0.216. The summed E-state index contributed by atoms with van der Waals surface area (Å²) in [7, 11) is 1.88. The van der Waals surface area contributed by atoms with Gasteiger partial charge < -0.3 is 15.2 Å². The van der Waals surface area contributed by atoms with Crippen molar-refractivity contribution in [3.8, 4) is 0 Å². The van der Waals surface area contributed by atoms with Crippen LogP contribution < -0.4 is 10.6 Å². The number of carbonyl (C=O) groups is 1. The maximum Gasteiger partial charge on any atom is 0.270 e. The standard InChI is InChI=1S/C13H14N8OS2/c1-21-8-17-20-13(21)23-6-5-14-10(22)9-7-24-12(18-9)19-11-15-3-2-4-16-11/h2-4,7-8H,5-6H2,1H3,(H,14,22)(H,15,16,18,19). The lowest BCUT2D eigenvalue weighted by Gasteiger charge is -2.03. The molecule has 1 amide bonds. The Kier molecular flexibility index (Phi) is 5.33. The zero-order chi connectivity index (χ0) is 16.8. The molecule has 0 aliphatic heterocycles. The third kappa shape index (κ3) is 4.26. The molecule has 3 heterocycles. The molecule has 3 rings (SSSR count). The summed E-state index contributed by atoms with van der Waals surface area (Å²) < 4.78 is 1.83. The van der Waals surface area contributed by atoms with Crippen LogP contribution in [0, 0.1) is 0 Å². The number of aryl methyl sites for hydroxylation is 1. The molecule has 124 valence electrons. The van der Waals surface area contributed by atoms with Gasteiger partial charge in [-0.05, 0) is 6.07 Å². The SMILES string of the molecule is Cn1cnnc1SCCNC(=O)c1csc(Nc2ncccn2)n1. The lowest BCUT2D eigenvalue weighted by Crippen LogP contribution is -2.26. The first-order valence-corrected chi connectivity index (χ1v) is 8.83. The average molecular weight is 362 g/mol. The molecule has 0 fully saturated rings. The predicted octanol–water partition coefficient (Wildman–Crippen LogP) is 1.33. The molecule has 11 heteroatoms. The van der Waals surface area contributed by atoms with Gasteiger partial charge >= 0.3 is 0 Å². The Balaban J connectivity index is 1.46. The minimum Gasteiger partial charge on any atom is -0.350 e. The molecule has 0 saturated carbocycles. The van der Waals surface area contributed by atoms with Crippen molar-refractivity contribution in [1.82, 2.24) is 35.0 Å². The predicted molar refractivity (Wildman–Crippen MR) is 91.5 cm³/mol. The van der Waals surface area contributed by atoms with Crippen LogP contribution in [0.1, 0.15) is 10.5 Å². The summed E-state index contributed by atoms with van der Waals surface area (Å²) in [6.45, 7) is 0.512. The van der Waals surface area contributed by atoms with Crippen molar-refractivity contribution in [2.24, 2.45) is 7.05 Å². The van der Waals surface area contributed by atoms with Gasteiger partial charge in [0.15, 0.2) is 10.3 Å². The fourth-order valence-electron chi connectivity index (χ4n) is 1.70. The number of thiazole rings is 1. The molecule has 0 aliphatic rings. The summed E-state index contributed by atoms with van der Waals surface area (Å²) in [4.78, 5) is 24.4. The third-order valence-corrected chi connectivity index (χ3v) is 4.60. The molecule has 0 bridgehead atoms. The van der Waals surface area contributed by atoms with Gasteiger partial charge in [0.2, 0.25) is 5.95 Å². The minimum atomic E-state index is -0.216. The van der Waals surface area contributed by atoms with Crippen LogP contribution in [-0.4, -0.2) is 47.9 Å². The fourth-order valence-corrected chi connectivity index (χ4v) is 3.12. The highest BCUT2D eigenvalue weighted by Crippen LogP contribution is 2.18. The van der Waals surface area contributed by atoms with Crippen LogP contribution in [0.5, 0.6) is 0 Å². The van der Waals surface area contributed by atoms with Gasteiger partial charge in [0.05, 0.1) is 0 Å². The zero-order valence-corrected chi connectivity index (χ0v) is 14.3. The number of rotatable bonds is 7. The second kappa shape index (κ2) is 7.84. The summed E-state index contributed by atoms with van der Waals surface area (Å²) in [6.07, 6.45) is 4.90.